The number of rotatable bonds is 1. The van der Waals surface area contributed by atoms with Crippen molar-refractivity contribution in [3.05, 3.63) is 35.4 Å². The monoisotopic (exact) mass is 195 g/mol. The molecule has 0 saturated carbocycles. The Morgan fingerprint density at radius 3 is 3.00 bits per heavy atom. The number of nitrogens with two attached hydrogens (primary N) is 1. The summed E-state index contributed by atoms with van der Waals surface area (Å²) in [5, 5.41) is 0.600. The molecule has 13 heavy (non-hydrogen) atoms. The van der Waals surface area contributed by atoms with E-state index >= 15 is 0 Å². The Bertz CT molecular complexity index is 477. The van der Waals surface area contributed by atoms with Crippen LogP contribution in [0, 0.1) is 0 Å². The molecule has 5 heteroatoms. The zero-order chi connectivity index (χ0) is 9.42. The quantitative estimate of drug-likeness (QED) is 0.741. The Hall–Kier alpha value is -1.55. The predicted molar refractivity (Wildman–Crippen MR) is 48.7 cm³/mol. The molecule has 2 aromatic rings. The summed E-state index contributed by atoms with van der Waals surface area (Å²) in [6, 6.07) is 1.75. The fourth-order valence-corrected chi connectivity index (χ4v) is 1.32. The van der Waals surface area contributed by atoms with Crippen molar-refractivity contribution in [1.29, 1.82) is 0 Å². The summed E-state index contributed by atoms with van der Waals surface area (Å²) in [5.74, 6) is -0.549. The second-order valence-electron chi connectivity index (χ2n) is 2.63. The Labute approximate surface area is 78.9 Å². The third kappa shape index (κ3) is 1.36. The highest BCUT2D eigenvalue weighted by molar-refractivity contribution is 6.31. The molecule has 0 aliphatic carbocycles. The zero-order valence-corrected chi connectivity index (χ0v) is 7.32. The first kappa shape index (κ1) is 8.07. The summed E-state index contributed by atoms with van der Waals surface area (Å²) in [5.41, 5.74) is 6.11. The average Bonchev–Trinajstić information content (AvgIpc) is 2.42. The van der Waals surface area contributed by atoms with Crippen molar-refractivity contribution in [2.45, 2.75) is 0 Å². The normalized spacial score (nSPS) is 10.5. The molecule has 0 fully saturated rings. The first-order valence-corrected chi connectivity index (χ1v) is 3.97. The van der Waals surface area contributed by atoms with Gasteiger partial charge in [-0.3, -0.25) is 4.79 Å². The van der Waals surface area contributed by atoms with Crippen LogP contribution in [-0.2, 0) is 0 Å². The molecule has 0 atom stereocenters. The van der Waals surface area contributed by atoms with Crippen LogP contribution >= 0.6 is 11.6 Å². The lowest BCUT2D eigenvalue weighted by molar-refractivity contribution is 0.0995. The second kappa shape index (κ2) is 2.74. The van der Waals surface area contributed by atoms with E-state index in [1.165, 1.54) is 0 Å². The van der Waals surface area contributed by atoms with Crippen LogP contribution in [0.25, 0.3) is 5.52 Å². The van der Waals surface area contributed by atoms with Gasteiger partial charge in [0.05, 0.1) is 16.7 Å². The van der Waals surface area contributed by atoms with Gasteiger partial charge in [-0.1, -0.05) is 11.6 Å². The van der Waals surface area contributed by atoms with Crippen molar-refractivity contribution in [1.82, 2.24) is 9.38 Å². The second-order valence-corrected chi connectivity index (χ2v) is 3.06. The summed E-state index contributed by atoms with van der Waals surface area (Å²) in [6.07, 6.45) is 4.78. The number of primary amides is 1. The summed E-state index contributed by atoms with van der Waals surface area (Å²) in [4.78, 5) is 14.6. The van der Waals surface area contributed by atoms with E-state index in [0.29, 0.717) is 5.02 Å². The Kier molecular flexibility index (Phi) is 1.70. The highest BCUT2D eigenvalue weighted by atomic mass is 35.5. The number of aromatic nitrogens is 2. The van der Waals surface area contributed by atoms with Gasteiger partial charge in [0, 0.05) is 12.4 Å². The van der Waals surface area contributed by atoms with Gasteiger partial charge in [-0.2, -0.15) is 0 Å². The third-order valence-corrected chi connectivity index (χ3v) is 1.90. The van der Waals surface area contributed by atoms with Gasteiger partial charge in [-0.05, 0) is 6.07 Å². The molecule has 66 valence electrons. The first-order chi connectivity index (χ1) is 6.16. The van der Waals surface area contributed by atoms with Gasteiger partial charge < -0.3 is 10.1 Å². The molecular weight excluding hydrogens is 190 g/mol. The molecule has 0 unspecified atom stereocenters. The molecule has 2 N–H and O–H groups in total. The number of amides is 1. The molecule has 0 aliphatic rings. The minimum atomic E-state index is -0.549. The number of nitrogens with zero attached hydrogens (tertiary/aromatic N) is 2. The van der Waals surface area contributed by atoms with Crippen molar-refractivity contribution in [3.8, 4) is 0 Å². The first-order valence-electron chi connectivity index (χ1n) is 3.60. The van der Waals surface area contributed by atoms with Crippen LogP contribution in [0.15, 0.2) is 24.7 Å². The van der Waals surface area contributed by atoms with Crippen molar-refractivity contribution in [2.24, 2.45) is 5.73 Å². The molecule has 0 aliphatic heterocycles. The lowest BCUT2D eigenvalue weighted by Gasteiger charge is -1.96. The number of fused-ring (bicyclic) bond motifs is 1. The van der Waals surface area contributed by atoms with Crippen LogP contribution in [0.2, 0.25) is 5.02 Å². The van der Waals surface area contributed by atoms with Crippen molar-refractivity contribution < 1.29 is 4.79 Å². The van der Waals surface area contributed by atoms with Crippen LogP contribution in [0.4, 0.5) is 0 Å². The standard InChI is InChI=1S/C8H6ClN3O/c9-5-1-6-2-11-7(8(10)13)4-12(6)3-5/h1-4H,(H2,10,13). The average molecular weight is 196 g/mol. The van der Waals surface area contributed by atoms with E-state index in [9.17, 15) is 4.79 Å². The highest BCUT2D eigenvalue weighted by Crippen LogP contribution is 2.13. The van der Waals surface area contributed by atoms with E-state index in [1.807, 2.05) is 0 Å². The molecule has 0 radical (unpaired) electrons. The fourth-order valence-electron chi connectivity index (χ4n) is 1.10. The maximum Gasteiger partial charge on any atom is 0.268 e. The molecule has 1 amide bonds. The molecule has 0 bridgehead atoms. The lowest BCUT2D eigenvalue weighted by atomic mass is 10.4. The molecule has 0 spiro atoms. The van der Waals surface area contributed by atoms with Gasteiger partial charge in [-0.15, -0.1) is 0 Å². The van der Waals surface area contributed by atoms with Crippen LogP contribution in [0.5, 0.6) is 0 Å². The molecule has 4 nitrogen and oxygen atoms in total. The Morgan fingerprint density at radius 2 is 2.31 bits per heavy atom. The molecule has 2 rings (SSSR count). The third-order valence-electron chi connectivity index (χ3n) is 1.70. The number of hydrogen-bond donors (Lipinski definition) is 1. The highest BCUT2D eigenvalue weighted by Gasteiger charge is 2.03. The van der Waals surface area contributed by atoms with E-state index in [2.05, 4.69) is 4.98 Å². The van der Waals surface area contributed by atoms with E-state index in [4.69, 9.17) is 17.3 Å². The maximum atomic E-state index is 10.8. The summed E-state index contributed by atoms with van der Waals surface area (Å²) < 4.78 is 1.70. The van der Waals surface area contributed by atoms with Gasteiger partial charge in [-0.25, -0.2) is 4.98 Å². The minimum absolute atomic E-state index is 0.222. The number of halogens is 1. The largest absolute Gasteiger partial charge is 0.364 e. The fraction of sp³-hybridized carbons (Fsp3) is 0. The summed E-state index contributed by atoms with van der Waals surface area (Å²) in [7, 11) is 0. The Balaban J connectivity index is 2.67. The Morgan fingerprint density at radius 1 is 1.54 bits per heavy atom. The lowest BCUT2D eigenvalue weighted by Crippen LogP contribution is -2.13. The van der Waals surface area contributed by atoms with Crippen LogP contribution < -0.4 is 5.73 Å². The summed E-state index contributed by atoms with van der Waals surface area (Å²) >= 11 is 5.75. The number of carbonyl (C=O) groups is 1. The number of carbonyl (C=O) groups excluding carboxylic acids is 1. The van der Waals surface area contributed by atoms with E-state index in [-0.39, 0.29) is 5.69 Å². The molecule has 2 aromatic heterocycles. The van der Waals surface area contributed by atoms with Crippen LogP contribution in [-0.4, -0.2) is 15.3 Å². The summed E-state index contributed by atoms with van der Waals surface area (Å²) in [6.45, 7) is 0. The topological polar surface area (TPSA) is 60.4 Å². The molecule has 2 heterocycles. The van der Waals surface area contributed by atoms with Crippen LogP contribution in [0.3, 0.4) is 0 Å². The predicted octanol–water partition coefficient (Wildman–Crippen LogP) is 1.09. The zero-order valence-electron chi connectivity index (χ0n) is 6.57. The van der Waals surface area contributed by atoms with Crippen LogP contribution in [0.1, 0.15) is 10.5 Å². The van der Waals surface area contributed by atoms with E-state index < -0.39 is 5.91 Å². The van der Waals surface area contributed by atoms with Crippen molar-refractivity contribution in [3.63, 3.8) is 0 Å². The number of hydrogen-bond acceptors (Lipinski definition) is 2. The van der Waals surface area contributed by atoms with Gasteiger partial charge in [0.25, 0.3) is 5.91 Å². The van der Waals surface area contributed by atoms with E-state index in [0.717, 1.165) is 5.52 Å². The van der Waals surface area contributed by atoms with Crippen molar-refractivity contribution >= 4 is 23.0 Å². The molecule has 0 saturated heterocycles. The van der Waals surface area contributed by atoms with Gasteiger partial charge >= 0.3 is 0 Å². The minimum Gasteiger partial charge on any atom is -0.364 e. The smallest absolute Gasteiger partial charge is 0.268 e. The molecule has 0 aromatic carbocycles. The molecular formula is C8H6ClN3O. The SMILES string of the molecule is NC(=O)c1cn2cc(Cl)cc2cn1. The maximum absolute atomic E-state index is 10.8. The van der Waals surface area contributed by atoms with E-state index in [1.54, 1.807) is 29.1 Å². The van der Waals surface area contributed by atoms with Gasteiger partial charge in [0.2, 0.25) is 0 Å². The van der Waals surface area contributed by atoms with Gasteiger partial charge in [0.1, 0.15) is 5.69 Å². The van der Waals surface area contributed by atoms with Crippen molar-refractivity contribution in [2.75, 3.05) is 0 Å². The van der Waals surface area contributed by atoms with Gasteiger partial charge in [0.15, 0.2) is 0 Å².